The van der Waals surface area contributed by atoms with Gasteiger partial charge >= 0.3 is 0 Å². The van der Waals surface area contributed by atoms with Crippen LogP contribution in [0.25, 0.3) is 11.0 Å². The number of rotatable bonds is 3. The van der Waals surface area contributed by atoms with E-state index in [1.165, 1.54) is 0 Å². The largest absolute Gasteiger partial charge is 0.459 e. The summed E-state index contributed by atoms with van der Waals surface area (Å²) in [7, 11) is 0. The fourth-order valence-corrected chi connectivity index (χ4v) is 1.50. The highest BCUT2D eigenvalue weighted by atomic mass is 32.1. The molecule has 88 valence electrons. The number of furan rings is 1. The van der Waals surface area contributed by atoms with E-state index >= 15 is 0 Å². The van der Waals surface area contributed by atoms with Crippen molar-refractivity contribution >= 4 is 34.5 Å². The van der Waals surface area contributed by atoms with Gasteiger partial charge in [0, 0.05) is 5.39 Å². The molecule has 4 N–H and O–H groups in total. The Labute approximate surface area is 103 Å². The number of benzene rings is 1. The first-order chi connectivity index (χ1) is 8.19. The van der Waals surface area contributed by atoms with E-state index in [-0.39, 0.29) is 11.7 Å². The van der Waals surface area contributed by atoms with E-state index in [0.717, 1.165) is 16.5 Å². The molecule has 0 atom stereocenters. The van der Waals surface area contributed by atoms with Gasteiger partial charge in [-0.25, -0.2) is 0 Å². The van der Waals surface area contributed by atoms with Crippen molar-refractivity contribution in [3.63, 3.8) is 0 Å². The Hall–Kier alpha value is -1.92. The molecular weight excluding hydrogens is 238 g/mol. The van der Waals surface area contributed by atoms with Crippen molar-refractivity contribution in [3.05, 3.63) is 35.6 Å². The molecule has 2 aromatic rings. The molecule has 0 amide bonds. The van der Waals surface area contributed by atoms with Crippen molar-refractivity contribution in [2.24, 2.45) is 10.8 Å². The zero-order valence-electron chi connectivity index (χ0n) is 8.88. The second-order valence-electron chi connectivity index (χ2n) is 3.40. The minimum atomic E-state index is -0.110. The lowest BCUT2D eigenvalue weighted by atomic mass is 10.2. The second-order valence-corrected chi connectivity index (χ2v) is 3.84. The normalized spacial score (nSPS) is 11.1. The standard InChI is InChI=1S/C11H11N3O2S/c12-11(17)14-13-5-7-1-2-10-8(3-7)4-9(6-15)16-10/h1-5,15H,6H2,(H3,12,14,17). The molecule has 1 heterocycles. The molecule has 0 aliphatic carbocycles. The molecule has 1 aromatic carbocycles. The minimum absolute atomic E-state index is 0.110. The van der Waals surface area contributed by atoms with Gasteiger partial charge in [-0.3, -0.25) is 5.43 Å². The number of nitrogens with one attached hydrogen (secondary N) is 1. The van der Waals surface area contributed by atoms with Gasteiger partial charge in [-0.15, -0.1) is 0 Å². The highest BCUT2D eigenvalue weighted by Gasteiger charge is 2.02. The number of hydrogen-bond acceptors (Lipinski definition) is 4. The maximum absolute atomic E-state index is 8.95. The van der Waals surface area contributed by atoms with Crippen LogP contribution in [0.2, 0.25) is 0 Å². The van der Waals surface area contributed by atoms with E-state index in [2.05, 4.69) is 22.7 Å². The van der Waals surface area contributed by atoms with Gasteiger partial charge in [0.15, 0.2) is 5.11 Å². The first-order valence-corrected chi connectivity index (χ1v) is 5.31. The molecule has 0 fully saturated rings. The summed E-state index contributed by atoms with van der Waals surface area (Å²) in [5, 5.41) is 13.8. The monoisotopic (exact) mass is 249 g/mol. The summed E-state index contributed by atoms with van der Waals surface area (Å²) in [6.07, 6.45) is 1.60. The van der Waals surface area contributed by atoms with Gasteiger partial charge in [0.05, 0.1) is 6.21 Å². The quantitative estimate of drug-likeness (QED) is 0.431. The second kappa shape index (κ2) is 4.94. The lowest BCUT2D eigenvalue weighted by Gasteiger charge is -1.95. The van der Waals surface area contributed by atoms with Crippen molar-refractivity contribution in [1.82, 2.24) is 5.43 Å². The molecule has 0 unspecified atom stereocenters. The Morgan fingerprint density at radius 2 is 2.35 bits per heavy atom. The summed E-state index contributed by atoms with van der Waals surface area (Å²) in [5.41, 5.74) is 9.32. The van der Waals surface area contributed by atoms with E-state index < -0.39 is 0 Å². The molecule has 0 spiro atoms. The predicted octanol–water partition coefficient (Wildman–Crippen LogP) is 1.09. The molecule has 0 aliphatic heterocycles. The van der Waals surface area contributed by atoms with Gasteiger partial charge in [-0.1, -0.05) is 0 Å². The third kappa shape index (κ3) is 2.80. The molecule has 17 heavy (non-hydrogen) atoms. The van der Waals surface area contributed by atoms with Crippen molar-refractivity contribution in [2.45, 2.75) is 6.61 Å². The van der Waals surface area contributed by atoms with Crippen molar-refractivity contribution in [3.8, 4) is 0 Å². The molecule has 1 aromatic heterocycles. The Balaban J connectivity index is 2.24. The van der Waals surface area contributed by atoms with Crippen molar-refractivity contribution < 1.29 is 9.52 Å². The van der Waals surface area contributed by atoms with Crippen LogP contribution in [-0.2, 0) is 6.61 Å². The van der Waals surface area contributed by atoms with Crippen LogP contribution < -0.4 is 11.2 Å². The Morgan fingerprint density at radius 1 is 1.53 bits per heavy atom. The molecule has 0 bridgehead atoms. The SMILES string of the molecule is NC(=S)NN=Cc1ccc2oc(CO)cc2c1. The van der Waals surface area contributed by atoms with Gasteiger partial charge in [-0.05, 0) is 42.0 Å². The van der Waals surface area contributed by atoms with Gasteiger partial charge in [-0.2, -0.15) is 5.10 Å². The number of fused-ring (bicyclic) bond motifs is 1. The predicted molar refractivity (Wildman–Crippen MR) is 69.7 cm³/mol. The number of hydrazone groups is 1. The van der Waals surface area contributed by atoms with E-state index in [1.807, 2.05) is 18.2 Å². The molecule has 5 nitrogen and oxygen atoms in total. The maximum atomic E-state index is 8.95. The van der Waals surface area contributed by atoms with Crippen LogP contribution in [0.5, 0.6) is 0 Å². The van der Waals surface area contributed by atoms with Crippen molar-refractivity contribution in [2.75, 3.05) is 0 Å². The van der Waals surface area contributed by atoms with Crippen LogP contribution in [0.15, 0.2) is 33.8 Å². The molecule has 0 radical (unpaired) electrons. The maximum Gasteiger partial charge on any atom is 0.184 e. The number of aliphatic hydroxyl groups excluding tert-OH is 1. The average Bonchev–Trinajstić information content (AvgIpc) is 2.70. The summed E-state index contributed by atoms with van der Waals surface area (Å²) in [4.78, 5) is 0. The van der Waals surface area contributed by atoms with E-state index in [4.69, 9.17) is 15.3 Å². The number of hydrogen-bond donors (Lipinski definition) is 3. The molecule has 0 saturated carbocycles. The smallest absolute Gasteiger partial charge is 0.184 e. The fourth-order valence-electron chi connectivity index (χ4n) is 1.45. The van der Waals surface area contributed by atoms with Crippen LogP contribution in [0.1, 0.15) is 11.3 Å². The molecular formula is C11H11N3O2S. The first-order valence-electron chi connectivity index (χ1n) is 4.91. The van der Waals surface area contributed by atoms with E-state index in [1.54, 1.807) is 12.3 Å². The summed E-state index contributed by atoms with van der Waals surface area (Å²) in [6, 6.07) is 7.34. The van der Waals surface area contributed by atoms with E-state index in [0.29, 0.717) is 5.76 Å². The van der Waals surface area contributed by atoms with Crippen LogP contribution in [0.3, 0.4) is 0 Å². The molecule has 0 aliphatic rings. The summed E-state index contributed by atoms with van der Waals surface area (Å²) in [5.74, 6) is 0.537. The number of nitrogens with zero attached hydrogens (tertiary/aromatic N) is 1. The highest BCUT2D eigenvalue weighted by Crippen LogP contribution is 2.20. The summed E-state index contributed by atoms with van der Waals surface area (Å²) < 4.78 is 5.36. The average molecular weight is 249 g/mol. The lowest BCUT2D eigenvalue weighted by molar-refractivity contribution is 0.251. The van der Waals surface area contributed by atoms with Gasteiger partial charge < -0.3 is 15.3 Å². The van der Waals surface area contributed by atoms with Crippen LogP contribution >= 0.6 is 12.2 Å². The minimum Gasteiger partial charge on any atom is -0.459 e. The van der Waals surface area contributed by atoms with Crippen molar-refractivity contribution in [1.29, 1.82) is 0 Å². The van der Waals surface area contributed by atoms with Crippen LogP contribution in [0, 0.1) is 0 Å². The summed E-state index contributed by atoms with van der Waals surface area (Å²) in [6.45, 7) is -0.110. The van der Waals surface area contributed by atoms with Gasteiger partial charge in [0.25, 0.3) is 0 Å². The third-order valence-electron chi connectivity index (χ3n) is 2.14. The molecule has 0 saturated heterocycles. The fraction of sp³-hybridized carbons (Fsp3) is 0.0909. The van der Waals surface area contributed by atoms with Gasteiger partial charge in [0.1, 0.15) is 18.0 Å². The Bertz CT molecular complexity index is 577. The number of aliphatic hydroxyl groups is 1. The van der Waals surface area contributed by atoms with Crippen LogP contribution in [0.4, 0.5) is 0 Å². The Morgan fingerprint density at radius 3 is 3.06 bits per heavy atom. The number of thiocarbonyl (C=S) groups is 1. The topological polar surface area (TPSA) is 83.8 Å². The number of nitrogens with two attached hydrogens (primary N) is 1. The first kappa shape index (κ1) is 11.6. The zero-order chi connectivity index (χ0) is 12.3. The third-order valence-corrected chi connectivity index (χ3v) is 2.23. The zero-order valence-corrected chi connectivity index (χ0v) is 9.70. The molecule has 6 heteroatoms. The Kier molecular flexibility index (Phi) is 3.36. The highest BCUT2D eigenvalue weighted by molar-refractivity contribution is 7.80. The lowest BCUT2D eigenvalue weighted by Crippen LogP contribution is -2.23. The molecule has 2 rings (SSSR count). The summed E-state index contributed by atoms with van der Waals surface area (Å²) >= 11 is 4.62. The van der Waals surface area contributed by atoms with E-state index in [9.17, 15) is 0 Å². The van der Waals surface area contributed by atoms with Crippen LogP contribution in [-0.4, -0.2) is 16.4 Å². The van der Waals surface area contributed by atoms with Gasteiger partial charge in [0.2, 0.25) is 0 Å².